The largest absolute Gasteiger partial charge is 0.463 e. The van der Waals surface area contributed by atoms with Crippen LogP contribution < -0.4 is 0 Å². The zero-order valence-corrected chi connectivity index (χ0v) is 13.2. The number of esters is 1. The van der Waals surface area contributed by atoms with Gasteiger partial charge in [0.05, 0.1) is 6.61 Å². The molecule has 0 bridgehead atoms. The lowest BCUT2D eigenvalue weighted by Gasteiger charge is -2.04. The first-order chi connectivity index (χ1) is 9.45. The van der Waals surface area contributed by atoms with E-state index in [1.807, 2.05) is 0 Å². The van der Waals surface area contributed by atoms with Gasteiger partial charge in [0.1, 0.15) is 0 Å². The molecule has 0 amide bonds. The molecule has 0 radical (unpaired) electrons. The predicted octanol–water partition coefficient (Wildman–Crippen LogP) is 3.40. The number of ether oxygens (including phenoxy) is 1. The first-order valence-electron chi connectivity index (χ1n) is 7.30. The fourth-order valence-electron chi connectivity index (χ4n) is 1.84. The molecule has 20 heavy (non-hydrogen) atoms. The van der Waals surface area contributed by atoms with Crippen LogP contribution in [0.5, 0.6) is 0 Å². The molecule has 0 unspecified atom stereocenters. The summed E-state index contributed by atoms with van der Waals surface area (Å²) < 4.78 is 15.6. The van der Waals surface area contributed by atoms with Gasteiger partial charge in [-0.2, -0.15) is 0 Å². The van der Waals surface area contributed by atoms with E-state index in [-0.39, 0.29) is 12.1 Å². The number of carbonyl (C=O) groups excluding carboxylic acids is 1. The number of hydrogen-bond acceptors (Lipinski definition) is 3. The number of allylic oxidation sites excluding steroid dienone is 1. The van der Waals surface area contributed by atoms with Gasteiger partial charge in [-0.05, 0) is 19.8 Å². The van der Waals surface area contributed by atoms with Gasteiger partial charge in [0.15, 0.2) is 0 Å². The molecule has 5 nitrogen and oxygen atoms in total. The van der Waals surface area contributed by atoms with E-state index in [9.17, 15) is 9.36 Å². The molecule has 0 heterocycles. The molecular weight excluding hydrogens is 279 g/mol. The third kappa shape index (κ3) is 15.4. The molecule has 0 rings (SSSR count). The first-order valence-corrected chi connectivity index (χ1v) is 9.09. The van der Waals surface area contributed by atoms with Crippen LogP contribution in [0.1, 0.15) is 58.3 Å². The van der Waals surface area contributed by atoms with Crippen LogP contribution in [0.4, 0.5) is 0 Å². The molecule has 0 aromatic heterocycles. The van der Waals surface area contributed by atoms with Crippen molar-refractivity contribution in [2.45, 2.75) is 58.3 Å². The van der Waals surface area contributed by atoms with Gasteiger partial charge >= 0.3 is 13.6 Å². The number of hydrogen-bond donors (Lipinski definition) is 2. The predicted molar refractivity (Wildman–Crippen MR) is 79.6 cm³/mol. The summed E-state index contributed by atoms with van der Waals surface area (Å²) in [5.41, 5.74) is 0. The van der Waals surface area contributed by atoms with E-state index in [1.54, 1.807) is 13.0 Å². The second-order valence-corrected chi connectivity index (χ2v) is 6.66. The van der Waals surface area contributed by atoms with Gasteiger partial charge in [0.2, 0.25) is 0 Å². The second-order valence-electron chi connectivity index (χ2n) is 4.88. The highest BCUT2D eigenvalue weighted by Crippen LogP contribution is 2.35. The SMILES string of the molecule is CC=CC(=O)OCCCCCCCCCCP(=O)(O)O. The zero-order chi connectivity index (χ0) is 15.3. The maximum absolute atomic E-state index is 11.0. The maximum atomic E-state index is 11.0. The van der Waals surface area contributed by atoms with Crippen molar-refractivity contribution in [3.8, 4) is 0 Å². The highest BCUT2D eigenvalue weighted by Gasteiger charge is 2.10. The molecule has 6 heteroatoms. The topological polar surface area (TPSA) is 83.8 Å². The minimum Gasteiger partial charge on any atom is -0.463 e. The Morgan fingerprint density at radius 3 is 2.00 bits per heavy atom. The average molecular weight is 306 g/mol. The van der Waals surface area contributed by atoms with Crippen molar-refractivity contribution in [1.29, 1.82) is 0 Å². The summed E-state index contributed by atoms with van der Waals surface area (Å²) in [4.78, 5) is 28.4. The maximum Gasteiger partial charge on any atom is 0.330 e. The normalized spacial score (nSPS) is 11.9. The van der Waals surface area contributed by atoms with Crippen LogP contribution in [-0.2, 0) is 14.1 Å². The monoisotopic (exact) mass is 306 g/mol. The molecule has 0 saturated heterocycles. The average Bonchev–Trinajstić information content (AvgIpc) is 2.35. The van der Waals surface area contributed by atoms with Crippen molar-refractivity contribution in [3.05, 3.63) is 12.2 Å². The van der Waals surface area contributed by atoms with Crippen molar-refractivity contribution in [2.24, 2.45) is 0 Å². The quantitative estimate of drug-likeness (QED) is 0.250. The first kappa shape index (κ1) is 19.4. The standard InChI is InChI=1S/C14H27O5P/c1-2-11-14(15)19-12-9-7-5-3-4-6-8-10-13-20(16,17)18/h2,11H,3-10,12-13H2,1H3,(H2,16,17,18). The van der Waals surface area contributed by atoms with Crippen LogP contribution in [0.2, 0.25) is 0 Å². The Kier molecular flexibility index (Phi) is 11.7. The molecule has 2 N–H and O–H groups in total. The van der Waals surface area contributed by atoms with Gasteiger partial charge in [-0.1, -0.05) is 44.6 Å². The Balaban J connectivity index is 3.17. The van der Waals surface area contributed by atoms with Gasteiger partial charge in [0, 0.05) is 12.2 Å². The van der Waals surface area contributed by atoms with E-state index >= 15 is 0 Å². The molecule has 0 saturated carbocycles. The molecule has 0 aromatic rings. The van der Waals surface area contributed by atoms with Gasteiger partial charge < -0.3 is 14.5 Å². The van der Waals surface area contributed by atoms with Crippen molar-refractivity contribution in [3.63, 3.8) is 0 Å². The van der Waals surface area contributed by atoms with Crippen LogP contribution in [0.15, 0.2) is 12.2 Å². The van der Waals surface area contributed by atoms with E-state index in [4.69, 9.17) is 14.5 Å². The van der Waals surface area contributed by atoms with E-state index in [0.29, 0.717) is 13.0 Å². The summed E-state index contributed by atoms with van der Waals surface area (Å²) in [5.74, 6) is -0.280. The molecule has 0 aliphatic heterocycles. The molecule has 0 aliphatic carbocycles. The number of carbonyl (C=O) groups is 1. The van der Waals surface area contributed by atoms with E-state index in [2.05, 4.69) is 0 Å². The Bertz CT molecular complexity index is 322. The summed E-state index contributed by atoms with van der Waals surface area (Å²) in [6.07, 6.45) is 10.9. The fraction of sp³-hybridized carbons (Fsp3) is 0.786. The number of rotatable bonds is 12. The lowest BCUT2D eigenvalue weighted by Crippen LogP contribution is -2.01. The zero-order valence-electron chi connectivity index (χ0n) is 12.3. The van der Waals surface area contributed by atoms with Crippen LogP contribution >= 0.6 is 7.60 Å². The molecule has 0 aliphatic rings. The molecule has 0 fully saturated rings. The highest BCUT2D eigenvalue weighted by molar-refractivity contribution is 7.51. The van der Waals surface area contributed by atoms with E-state index in [1.165, 1.54) is 6.08 Å². The van der Waals surface area contributed by atoms with Crippen molar-refractivity contribution in [1.82, 2.24) is 0 Å². The van der Waals surface area contributed by atoms with Gasteiger partial charge in [-0.25, -0.2) is 4.79 Å². The lowest BCUT2D eigenvalue weighted by molar-refractivity contribution is -0.137. The van der Waals surface area contributed by atoms with Crippen molar-refractivity contribution in [2.75, 3.05) is 12.8 Å². The minimum absolute atomic E-state index is 0.00454. The summed E-state index contributed by atoms with van der Waals surface area (Å²) in [6.45, 7) is 2.26. The fourth-order valence-corrected chi connectivity index (χ4v) is 2.47. The summed E-state index contributed by atoms with van der Waals surface area (Å²) >= 11 is 0. The molecular formula is C14H27O5P. The Morgan fingerprint density at radius 2 is 1.50 bits per heavy atom. The smallest absolute Gasteiger partial charge is 0.330 e. The van der Waals surface area contributed by atoms with Crippen molar-refractivity contribution >= 4 is 13.6 Å². The van der Waals surface area contributed by atoms with Gasteiger partial charge in [-0.3, -0.25) is 4.57 Å². The van der Waals surface area contributed by atoms with Crippen LogP contribution in [0, 0.1) is 0 Å². The van der Waals surface area contributed by atoms with Gasteiger partial charge in [-0.15, -0.1) is 0 Å². The summed E-state index contributed by atoms with van der Waals surface area (Å²) in [7, 11) is -3.80. The van der Waals surface area contributed by atoms with E-state index in [0.717, 1.165) is 44.9 Å². The third-order valence-corrected chi connectivity index (χ3v) is 3.79. The molecule has 0 aromatic carbocycles. The molecule has 118 valence electrons. The number of unbranched alkanes of at least 4 members (excludes halogenated alkanes) is 7. The minimum atomic E-state index is -3.80. The van der Waals surface area contributed by atoms with Crippen LogP contribution in [0.25, 0.3) is 0 Å². The summed E-state index contributed by atoms with van der Waals surface area (Å²) in [5, 5.41) is 0. The Morgan fingerprint density at radius 1 is 1.00 bits per heavy atom. The second kappa shape index (κ2) is 12.1. The Labute approximate surface area is 121 Å². The van der Waals surface area contributed by atoms with Crippen LogP contribution in [-0.4, -0.2) is 28.5 Å². The summed E-state index contributed by atoms with van der Waals surface area (Å²) in [6, 6.07) is 0. The Hall–Kier alpha value is -0.640. The van der Waals surface area contributed by atoms with Crippen LogP contribution in [0.3, 0.4) is 0 Å². The molecule has 0 atom stereocenters. The third-order valence-electron chi connectivity index (χ3n) is 2.89. The lowest BCUT2D eigenvalue weighted by atomic mass is 10.1. The van der Waals surface area contributed by atoms with Crippen molar-refractivity contribution < 1.29 is 23.9 Å². The van der Waals surface area contributed by atoms with Gasteiger partial charge in [0.25, 0.3) is 0 Å². The highest BCUT2D eigenvalue weighted by atomic mass is 31.2. The van der Waals surface area contributed by atoms with E-state index < -0.39 is 7.60 Å². The molecule has 0 spiro atoms.